The smallest absolute Gasteiger partial charge is 0.0536 e. The van der Waals surface area contributed by atoms with Crippen molar-refractivity contribution in [3.8, 4) is 0 Å². The van der Waals surface area contributed by atoms with Gasteiger partial charge in [0, 0.05) is 25.7 Å². The Morgan fingerprint density at radius 3 is 2.86 bits per heavy atom. The van der Waals surface area contributed by atoms with Crippen molar-refractivity contribution in [2.45, 2.75) is 26.7 Å². The summed E-state index contributed by atoms with van der Waals surface area (Å²) >= 11 is 0. The predicted molar refractivity (Wildman–Crippen MR) is 61.9 cm³/mol. The van der Waals surface area contributed by atoms with Gasteiger partial charge in [0.25, 0.3) is 0 Å². The molecule has 0 saturated heterocycles. The summed E-state index contributed by atoms with van der Waals surface area (Å²) in [5.74, 6) is 0. The first-order chi connectivity index (χ1) is 6.77. The van der Waals surface area contributed by atoms with Gasteiger partial charge in [-0.3, -0.25) is 0 Å². The van der Waals surface area contributed by atoms with Gasteiger partial charge in [-0.05, 0) is 19.4 Å². The van der Waals surface area contributed by atoms with Gasteiger partial charge in [-0.1, -0.05) is 24.6 Å². The van der Waals surface area contributed by atoms with E-state index in [1.807, 2.05) is 7.05 Å². The van der Waals surface area contributed by atoms with Crippen LogP contribution in [0.3, 0.4) is 0 Å². The SMILES string of the molecule is CCCNC1=C(NC)CC(C)=CC=C1. The van der Waals surface area contributed by atoms with Crippen LogP contribution in [0.15, 0.2) is 35.2 Å². The summed E-state index contributed by atoms with van der Waals surface area (Å²) in [6, 6.07) is 0. The van der Waals surface area contributed by atoms with Gasteiger partial charge in [0.1, 0.15) is 0 Å². The van der Waals surface area contributed by atoms with Crippen molar-refractivity contribution in [1.29, 1.82) is 0 Å². The molecule has 0 radical (unpaired) electrons. The van der Waals surface area contributed by atoms with E-state index < -0.39 is 0 Å². The average molecular weight is 192 g/mol. The minimum Gasteiger partial charge on any atom is -0.389 e. The maximum atomic E-state index is 3.43. The number of nitrogens with one attached hydrogen (secondary N) is 2. The predicted octanol–water partition coefficient (Wildman–Crippen LogP) is 2.32. The molecule has 0 aromatic carbocycles. The zero-order valence-corrected chi connectivity index (χ0v) is 9.35. The molecule has 0 aliphatic heterocycles. The molecule has 2 heteroatoms. The lowest BCUT2D eigenvalue weighted by Crippen LogP contribution is -2.19. The summed E-state index contributed by atoms with van der Waals surface area (Å²) in [6.07, 6.45) is 8.57. The van der Waals surface area contributed by atoms with Crippen molar-refractivity contribution in [1.82, 2.24) is 10.6 Å². The Labute approximate surface area is 86.8 Å². The third kappa shape index (κ3) is 2.95. The van der Waals surface area contributed by atoms with E-state index in [0.717, 1.165) is 19.4 Å². The summed E-state index contributed by atoms with van der Waals surface area (Å²) in [4.78, 5) is 0. The molecule has 0 amide bonds. The number of rotatable bonds is 4. The zero-order valence-electron chi connectivity index (χ0n) is 9.35. The number of allylic oxidation sites excluding steroid dienone is 4. The molecule has 0 fully saturated rings. The van der Waals surface area contributed by atoms with E-state index in [4.69, 9.17) is 0 Å². The molecule has 14 heavy (non-hydrogen) atoms. The van der Waals surface area contributed by atoms with Crippen molar-refractivity contribution in [2.75, 3.05) is 13.6 Å². The van der Waals surface area contributed by atoms with E-state index in [1.165, 1.54) is 17.0 Å². The lowest BCUT2D eigenvalue weighted by molar-refractivity contribution is 0.754. The molecule has 0 heterocycles. The van der Waals surface area contributed by atoms with Crippen LogP contribution in [0.25, 0.3) is 0 Å². The van der Waals surface area contributed by atoms with Gasteiger partial charge in [0.2, 0.25) is 0 Å². The fourth-order valence-corrected chi connectivity index (χ4v) is 1.49. The summed E-state index contributed by atoms with van der Waals surface area (Å²) in [7, 11) is 1.98. The van der Waals surface area contributed by atoms with E-state index >= 15 is 0 Å². The van der Waals surface area contributed by atoms with Crippen LogP contribution in [-0.4, -0.2) is 13.6 Å². The number of hydrogen-bond acceptors (Lipinski definition) is 2. The monoisotopic (exact) mass is 192 g/mol. The molecular formula is C12H20N2. The lowest BCUT2D eigenvalue weighted by atomic mass is 10.1. The summed E-state index contributed by atoms with van der Waals surface area (Å²) in [5.41, 5.74) is 3.89. The van der Waals surface area contributed by atoms with Crippen LogP contribution in [0.5, 0.6) is 0 Å². The molecule has 0 spiro atoms. The highest BCUT2D eigenvalue weighted by Crippen LogP contribution is 2.15. The second kappa shape index (κ2) is 5.53. The average Bonchev–Trinajstić information content (AvgIpc) is 2.36. The normalized spacial score (nSPS) is 16.4. The van der Waals surface area contributed by atoms with E-state index in [9.17, 15) is 0 Å². The Morgan fingerprint density at radius 2 is 2.21 bits per heavy atom. The van der Waals surface area contributed by atoms with Gasteiger partial charge >= 0.3 is 0 Å². The van der Waals surface area contributed by atoms with Gasteiger partial charge in [-0.15, -0.1) is 0 Å². The summed E-state index contributed by atoms with van der Waals surface area (Å²) in [6.45, 7) is 5.37. The van der Waals surface area contributed by atoms with Crippen molar-refractivity contribution in [3.05, 3.63) is 35.2 Å². The second-order valence-electron chi connectivity index (χ2n) is 3.62. The first kappa shape index (κ1) is 10.9. The Hall–Kier alpha value is -1.18. The maximum Gasteiger partial charge on any atom is 0.0536 e. The Balaban J connectivity index is 2.76. The molecule has 2 N–H and O–H groups in total. The van der Waals surface area contributed by atoms with Gasteiger partial charge < -0.3 is 10.6 Å². The molecule has 0 aromatic rings. The van der Waals surface area contributed by atoms with E-state index in [2.05, 4.69) is 42.7 Å². The Kier molecular flexibility index (Phi) is 4.30. The molecule has 1 rings (SSSR count). The molecule has 1 aliphatic rings. The molecule has 0 aromatic heterocycles. The maximum absolute atomic E-state index is 3.43. The third-order valence-electron chi connectivity index (χ3n) is 2.29. The fourth-order valence-electron chi connectivity index (χ4n) is 1.49. The molecule has 78 valence electrons. The highest BCUT2D eigenvalue weighted by molar-refractivity contribution is 5.33. The molecule has 0 saturated carbocycles. The zero-order chi connectivity index (χ0) is 10.4. The minimum absolute atomic E-state index is 1.01. The van der Waals surface area contributed by atoms with Crippen LogP contribution < -0.4 is 10.6 Å². The molecule has 0 atom stereocenters. The van der Waals surface area contributed by atoms with Crippen molar-refractivity contribution in [3.63, 3.8) is 0 Å². The van der Waals surface area contributed by atoms with Crippen molar-refractivity contribution < 1.29 is 0 Å². The molecule has 0 bridgehead atoms. The van der Waals surface area contributed by atoms with Crippen LogP contribution in [0.4, 0.5) is 0 Å². The first-order valence-corrected chi connectivity index (χ1v) is 5.26. The highest BCUT2D eigenvalue weighted by atomic mass is 14.9. The first-order valence-electron chi connectivity index (χ1n) is 5.26. The van der Waals surface area contributed by atoms with Crippen LogP contribution in [-0.2, 0) is 0 Å². The van der Waals surface area contributed by atoms with E-state index in [0.29, 0.717) is 0 Å². The van der Waals surface area contributed by atoms with Crippen LogP contribution in [0.2, 0.25) is 0 Å². The second-order valence-corrected chi connectivity index (χ2v) is 3.62. The van der Waals surface area contributed by atoms with Gasteiger partial charge in [-0.25, -0.2) is 0 Å². The highest BCUT2D eigenvalue weighted by Gasteiger charge is 2.05. The fraction of sp³-hybridized carbons (Fsp3) is 0.500. The van der Waals surface area contributed by atoms with Gasteiger partial charge in [0.15, 0.2) is 0 Å². The largest absolute Gasteiger partial charge is 0.389 e. The van der Waals surface area contributed by atoms with Gasteiger partial charge in [0.05, 0.1) is 5.70 Å². The molecule has 1 aliphatic carbocycles. The topological polar surface area (TPSA) is 24.1 Å². The van der Waals surface area contributed by atoms with Gasteiger partial charge in [-0.2, -0.15) is 0 Å². The quantitative estimate of drug-likeness (QED) is 0.714. The Morgan fingerprint density at radius 1 is 1.43 bits per heavy atom. The third-order valence-corrected chi connectivity index (χ3v) is 2.29. The van der Waals surface area contributed by atoms with Crippen molar-refractivity contribution >= 4 is 0 Å². The van der Waals surface area contributed by atoms with E-state index in [1.54, 1.807) is 0 Å². The molecular weight excluding hydrogens is 172 g/mol. The van der Waals surface area contributed by atoms with E-state index in [-0.39, 0.29) is 0 Å². The van der Waals surface area contributed by atoms with Crippen LogP contribution in [0, 0.1) is 0 Å². The standard InChI is InChI=1S/C12H20N2/c1-4-8-14-11-7-5-6-10(2)9-12(11)13-3/h5-7,13-14H,4,8-9H2,1-3H3. The minimum atomic E-state index is 1.01. The number of hydrogen-bond donors (Lipinski definition) is 2. The lowest BCUT2D eigenvalue weighted by Gasteiger charge is -2.13. The Bertz CT molecular complexity index is 272. The van der Waals surface area contributed by atoms with Crippen LogP contribution in [0.1, 0.15) is 26.7 Å². The molecule has 2 nitrogen and oxygen atoms in total. The van der Waals surface area contributed by atoms with Crippen molar-refractivity contribution in [2.24, 2.45) is 0 Å². The molecule has 0 unspecified atom stereocenters. The summed E-state index contributed by atoms with van der Waals surface area (Å²) < 4.78 is 0. The summed E-state index contributed by atoms with van der Waals surface area (Å²) in [5, 5.41) is 6.69. The van der Waals surface area contributed by atoms with Crippen LogP contribution >= 0.6 is 0 Å².